The normalized spacial score (nSPS) is 19.9. The van der Waals surface area contributed by atoms with Gasteiger partial charge in [0.25, 0.3) is 0 Å². The molecule has 1 unspecified atom stereocenters. The molecule has 2 aromatic rings. The molecule has 116 valence electrons. The zero-order valence-corrected chi connectivity index (χ0v) is 14.3. The number of halogens is 1. The van der Waals surface area contributed by atoms with Gasteiger partial charge < -0.3 is 4.90 Å². The Bertz CT molecular complexity index is 782. The molecular formula is C19H17BrN2O. The summed E-state index contributed by atoms with van der Waals surface area (Å²) >= 11 is 3.46. The van der Waals surface area contributed by atoms with E-state index in [1.165, 1.54) is 0 Å². The van der Waals surface area contributed by atoms with E-state index in [2.05, 4.69) is 28.1 Å². The summed E-state index contributed by atoms with van der Waals surface area (Å²) in [6, 6.07) is 16.1. The van der Waals surface area contributed by atoms with Crippen molar-refractivity contribution in [2.75, 3.05) is 4.90 Å². The second-order valence-electron chi connectivity index (χ2n) is 6.09. The van der Waals surface area contributed by atoms with Gasteiger partial charge in [-0.3, -0.25) is 9.79 Å². The molecule has 1 aliphatic heterocycles. The summed E-state index contributed by atoms with van der Waals surface area (Å²) in [6.45, 7) is 0.586. The first-order valence-electron chi connectivity index (χ1n) is 7.95. The average molecular weight is 369 g/mol. The lowest BCUT2D eigenvalue weighted by Crippen LogP contribution is -2.36. The molecule has 0 bridgehead atoms. The van der Waals surface area contributed by atoms with Crippen molar-refractivity contribution in [3.05, 3.63) is 58.6 Å². The van der Waals surface area contributed by atoms with Crippen LogP contribution in [0.2, 0.25) is 0 Å². The lowest BCUT2D eigenvalue weighted by Gasteiger charge is -2.25. The number of rotatable bonds is 2. The van der Waals surface area contributed by atoms with Crippen LogP contribution in [-0.4, -0.2) is 11.6 Å². The van der Waals surface area contributed by atoms with Crippen LogP contribution in [0.15, 0.2) is 58.0 Å². The molecule has 0 radical (unpaired) electrons. The second kappa shape index (κ2) is 5.93. The van der Waals surface area contributed by atoms with Crippen molar-refractivity contribution in [3.63, 3.8) is 0 Å². The van der Waals surface area contributed by atoms with Gasteiger partial charge in [0.2, 0.25) is 5.91 Å². The van der Waals surface area contributed by atoms with Crippen LogP contribution >= 0.6 is 15.9 Å². The molecule has 1 heterocycles. The van der Waals surface area contributed by atoms with Crippen LogP contribution in [0.3, 0.4) is 0 Å². The Morgan fingerprint density at radius 1 is 1.13 bits per heavy atom. The van der Waals surface area contributed by atoms with Crippen LogP contribution in [0.4, 0.5) is 11.4 Å². The van der Waals surface area contributed by atoms with Gasteiger partial charge in [-0.1, -0.05) is 40.2 Å². The SMILES string of the molecule is O=C1C2CCCC2=Nc2ccccc2N1Cc1ccc(Br)cc1. The first kappa shape index (κ1) is 14.6. The van der Waals surface area contributed by atoms with E-state index in [0.29, 0.717) is 6.54 Å². The first-order valence-corrected chi connectivity index (χ1v) is 8.74. The highest BCUT2D eigenvalue weighted by atomic mass is 79.9. The van der Waals surface area contributed by atoms with Crippen LogP contribution in [0.25, 0.3) is 0 Å². The van der Waals surface area contributed by atoms with Crippen molar-refractivity contribution in [2.24, 2.45) is 10.9 Å². The van der Waals surface area contributed by atoms with Gasteiger partial charge in [-0.25, -0.2) is 0 Å². The van der Waals surface area contributed by atoms with E-state index in [4.69, 9.17) is 4.99 Å². The monoisotopic (exact) mass is 368 g/mol. The predicted octanol–water partition coefficient (Wildman–Crippen LogP) is 4.87. The van der Waals surface area contributed by atoms with Gasteiger partial charge in [0.15, 0.2) is 0 Å². The fraction of sp³-hybridized carbons (Fsp3) is 0.263. The van der Waals surface area contributed by atoms with Crippen molar-refractivity contribution in [1.29, 1.82) is 0 Å². The summed E-state index contributed by atoms with van der Waals surface area (Å²) in [5.41, 5.74) is 4.01. The van der Waals surface area contributed by atoms with E-state index in [-0.39, 0.29) is 11.8 Å². The molecule has 2 aliphatic rings. The Hall–Kier alpha value is -1.94. The number of hydrogen-bond acceptors (Lipinski definition) is 2. The highest BCUT2D eigenvalue weighted by Gasteiger charge is 2.36. The Morgan fingerprint density at radius 3 is 2.74 bits per heavy atom. The Kier molecular flexibility index (Phi) is 3.77. The number of fused-ring (bicyclic) bond motifs is 2. The smallest absolute Gasteiger partial charge is 0.236 e. The third kappa shape index (κ3) is 2.72. The second-order valence-corrected chi connectivity index (χ2v) is 7.00. The average Bonchev–Trinajstić information content (AvgIpc) is 2.99. The van der Waals surface area contributed by atoms with E-state index in [1.807, 2.05) is 41.3 Å². The predicted molar refractivity (Wildman–Crippen MR) is 96.2 cm³/mol. The molecule has 4 heteroatoms. The quantitative estimate of drug-likeness (QED) is 0.744. The molecule has 4 rings (SSSR count). The van der Waals surface area contributed by atoms with Crippen LogP contribution < -0.4 is 4.90 Å². The van der Waals surface area contributed by atoms with Crippen LogP contribution in [0, 0.1) is 5.92 Å². The Morgan fingerprint density at radius 2 is 1.91 bits per heavy atom. The van der Waals surface area contributed by atoms with Gasteiger partial charge >= 0.3 is 0 Å². The minimum absolute atomic E-state index is 0.0437. The fourth-order valence-corrected chi connectivity index (χ4v) is 3.68. The summed E-state index contributed by atoms with van der Waals surface area (Å²) in [5.74, 6) is 0.145. The van der Waals surface area contributed by atoms with E-state index in [9.17, 15) is 4.79 Å². The van der Waals surface area contributed by atoms with Crippen LogP contribution in [0.1, 0.15) is 24.8 Å². The lowest BCUT2D eigenvalue weighted by molar-refractivity contribution is -0.120. The molecule has 0 N–H and O–H groups in total. The highest BCUT2D eigenvalue weighted by Crippen LogP contribution is 2.38. The lowest BCUT2D eigenvalue weighted by atomic mass is 10.0. The summed E-state index contributed by atoms with van der Waals surface area (Å²) in [4.78, 5) is 19.8. The summed E-state index contributed by atoms with van der Waals surface area (Å²) in [7, 11) is 0. The van der Waals surface area contributed by atoms with Gasteiger partial charge in [0.1, 0.15) is 0 Å². The number of benzene rings is 2. The molecule has 1 fully saturated rings. The Labute approximate surface area is 144 Å². The number of carbonyl (C=O) groups is 1. The molecule has 1 atom stereocenters. The molecule has 2 aromatic carbocycles. The number of nitrogens with zero attached hydrogens (tertiary/aromatic N) is 2. The third-order valence-corrected chi connectivity index (χ3v) is 5.11. The minimum Gasteiger partial charge on any atom is -0.305 e. The minimum atomic E-state index is -0.0437. The maximum Gasteiger partial charge on any atom is 0.236 e. The van der Waals surface area contributed by atoms with Crippen LogP contribution in [0.5, 0.6) is 0 Å². The van der Waals surface area contributed by atoms with Gasteiger partial charge in [0, 0.05) is 10.2 Å². The molecule has 1 saturated carbocycles. The fourth-order valence-electron chi connectivity index (χ4n) is 3.41. The zero-order valence-electron chi connectivity index (χ0n) is 12.7. The summed E-state index contributed by atoms with van der Waals surface area (Å²) < 4.78 is 1.05. The van der Waals surface area contributed by atoms with Gasteiger partial charge in [-0.05, 0) is 49.1 Å². The van der Waals surface area contributed by atoms with E-state index >= 15 is 0 Å². The van der Waals surface area contributed by atoms with Gasteiger partial charge in [0.05, 0.1) is 23.8 Å². The zero-order chi connectivity index (χ0) is 15.8. The molecule has 0 saturated heterocycles. The highest BCUT2D eigenvalue weighted by molar-refractivity contribution is 9.10. The summed E-state index contributed by atoms with van der Waals surface area (Å²) in [5, 5.41) is 0. The van der Waals surface area contributed by atoms with Gasteiger partial charge in [-0.2, -0.15) is 0 Å². The summed E-state index contributed by atoms with van der Waals surface area (Å²) in [6.07, 6.45) is 2.92. The molecule has 23 heavy (non-hydrogen) atoms. The maximum absolute atomic E-state index is 13.1. The van der Waals surface area contributed by atoms with Crippen molar-refractivity contribution in [2.45, 2.75) is 25.8 Å². The number of para-hydroxylation sites is 2. The molecule has 1 aliphatic carbocycles. The largest absolute Gasteiger partial charge is 0.305 e. The molecule has 3 nitrogen and oxygen atoms in total. The molecule has 0 spiro atoms. The Balaban J connectivity index is 1.76. The topological polar surface area (TPSA) is 32.7 Å². The van der Waals surface area contributed by atoms with E-state index < -0.39 is 0 Å². The van der Waals surface area contributed by atoms with Crippen molar-refractivity contribution < 1.29 is 4.79 Å². The molecular weight excluding hydrogens is 352 g/mol. The molecule has 1 amide bonds. The standard InChI is InChI=1S/C19H17BrN2O/c20-14-10-8-13(9-11-14)12-22-18-7-2-1-5-17(18)21-16-6-3-4-15(16)19(22)23/h1-2,5,7-11,15H,3-4,6,12H2. The van der Waals surface area contributed by atoms with Gasteiger partial charge in [-0.15, -0.1) is 0 Å². The number of amides is 1. The number of anilines is 1. The molecule has 0 aromatic heterocycles. The van der Waals surface area contributed by atoms with Crippen LogP contribution in [-0.2, 0) is 11.3 Å². The van der Waals surface area contributed by atoms with E-state index in [0.717, 1.165) is 46.4 Å². The third-order valence-electron chi connectivity index (χ3n) is 4.58. The number of aliphatic imine (C=N–C) groups is 1. The first-order chi connectivity index (χ1) is 11.2. The van der Waals surface area contributed by atoms with Crippen molar-refractivity contribution in [1.82, 2.24) is 0 Å². The van der Waals surface area contributed by atoms with E-state index in [1.54, 1.807) is 0 Å². The maximum atomic E-state index is 13.1. The number of carbonyl (C=O) groups excluding carboxylic acids is 1. The van der Waals surface area contributed by atoms with Crippen molar-refractivity contribution >= 4 is 38.9 Å². The van der Waals surface area contributed by atoms with Crippen molar-refractivity contribution in [3.8, 4) is 0 Å². The number of hydrogen-bond donors (Lipinski definition) is 0.